The minimum absolute atomic E-state index is 0.153. The fraction of sp³-hybridized carbons (Fsp3) is 0.536. The van der Waals surface area contributed by atoms with E-state index in [0.29, 0.717) is 42.5 Å². The molecule has 8 nitrogen and oxygen atoms in total. The first-order valence-electron chi connectivity index (χ1n) is 13.3. The summed E-state index contributed by atoms with van der Waals surface area (Å²) in [5, 5.41) is 17.8. The van der Waals surface area contributed by atoms with Gasteiger partial charge in [0, 0.05) is 11.9 Å². The van der Waals surface area contributed by atoms with Gasteiger partial charge < -0.3 is 15.2 Å². The van der Waals surface area contributed by atoms with Gasteiger partial charge in [-0.1, -0.05) is 18.9 Å². The molecular weight excluding hydrogens is 547 g/mol. The third kappa shape index (κ3) is 7.12. The quantitative estimate of drug-likeness (QED) is 0.427. The third-order valence-electron chi connectivity index (χ3n) is 7.59. The van der Waals surface area contributed by atoms with Gasteiger partial charge in [-0.05, 0) is 87.3 Å². The number of aromatic nitrogens is 1. The highest BCUT2D eigenvalue weighted by atomic mass is 32.2. The summed E-state index contributed by atoms with van der Waals surface area (Å²) >= 11 is 0. The maximum absolute atomic E-state index is 13.9. The lowest BCUT2D eigenvalue weighted by atomic mass is 10.0. The molecule has 2 N–H and O–H groups in total. The number of hydrogen-bond donors (Lipinski definition) is 2. The number of carboxylic acid groups (broad SMARTS) is 1. The molecule has 0 aliphatic heterocycles. The van der Waals surface area contributed by atoms with Crippen LogP contribution in [0, 0.1) is 18.3 Å². The zero-order valence-electron chi connectivity index (χ0n) is 22.1. The number of amides is 1. The second kappa shape index (κ2) is 11.7. The van der Waals surface area contributed by atoms with E-state index < -0.39 is 43.4 Å². The smallest absolute Gasteiger partial charge is 0.417 e. The van der Waals surface area contributed by atoms with Crippen molar-refractivity contribution in [1.29, 1.82) is 5.26 Å². The molecule has 2 aromatic rings. The molecule has 0 spiro atoms. The normalized spacial score (nSPS) is 22.2. The van der Waals surface area contributed by atoms with Crippen molar-refractivity contribution in [2.45, 2.75) is 98.8 Å². The zero-order valence-corrected chi connectivity index (χ0v) is 22.9. The number of hydrogen-bond acceptors (Lipinski definition) is 6. The number of rotatable bonds is 6. The Kier molecular flexibility index (Phi) is 8.75. The molecule has 5 rings (SSSR count). The van der Waals surface area contributed by atoms with Crippen molar-refractivity contribution in [3.05, 3.63) is 47.8 Å². The van der Waals surface area contributed by atoms with Crippen molar-refractivity contribution < 1.29 is 36.2 Å². The Bertz CT molecular complexity index is 1380. The minimum Gasteiger partial charge on any atom is -0.465 e. The summed E-state index contributed by atoms with van der Waals surface area (Å²) in [5.41, 5.74) is -0.300. The Balaban J connectivity index is 0.000000350. The van der Waals surface area contributed by atoms with Gasteiger partial charge in [0.2, 0.25) is 0 Å². The van der Waals surface area contributed by atoms with Crippen molar-refractivity contribution >= 4 is 15.9 Å². The van der Waals surface area contributed by atoms with Gasteiger partial charge in [0.15, 0.2) is 9.84 Å². The van der Waals surface area contributed by atoms with Gasteiger partial charge in [-0.15, -0.1) is 0 Å². The van der Waals surface area contributed by atoms with Crippen molar-refractivity contribution in [3.63, 3.8) is 0 Å². The number of ether oxygens (including phenoxy) is 1. The predicted molar refractivity (Wildman–Crippen MR) is 140 cm³/mol. The van der Waals surface area contributed by atoms with E-state index in [-0.39, 0.29) is 18.6 Å². The van der Waals surface area contributed by atoms with Crippen LogP contribution in [0.15, 0.2) is 41.4 Å². The van der Waals surface area contributed by atoms with Gasteiger partial charge in [0.05, 0.1) is 34.0 Å². The molecule has 0 unspecified atom stereocenters. The molecule has 3 fully saturated rings. The Hall–Kier alpha value is -3.17. The molecule has 216 valence electrons. The summed E-state index contributed by atoms with van der Waals surface area (Å²) in [7, 11) is -4.14. The molecule has 0 saturated heterocycles. The van der Waals surface area contributed by atoms with Crippen LogP contribution in [0.2, 0.25) is 0 Å². The number of aryl methyl sites for hydroxylation is 1. The number of nitrogens with one attached hydrogen (secondary N) is 1. The monoisotopic (exact) mass is 579 g/mol. The average Bonchev–Trinajstić information content (AvgIpc) is 3.25. The Morgan fingerprint density at radius 2 is 1.77 bits per heavy atom. The highest BCUT2D eigenvalue weighted by Crippen LogP contribution is 2.41. The lowest BCUT2D eigenvalue weighted by Gasteiger charge is -2.20. The van der Waals surface area contributed by atoms with Crippen LogP contribution in [-0.2, 0) is 20.8 Å². The van der Waals surface area contributed by atoms with Crippen LogP contribution in [-0.4, -0.2) is 47.6 Å². The molecule has 3 aliphatic carbocycles. The topological polar surface area (TPSA) is 129 Å². The third-order valence-corrected chi connectivity index (χ3v) is 9.87. The van der Waals surface area contributed by atoms with Crippen LogP contribution >= 0.6 is 0 Å². The molecule has 1 amide bonds. The fourth-order valence-corrected chi connectivity index (χ4v) is 7.29. The Morgan fingerprint density at radius 1 is 1.10 bits per heavy atom. The number of nitrogens with zero attached hydrogens (tertiary/aromatic N) is 2. The van der Waals surface area contributed by atoms with Gasteiger partial charge in [0.1, 0.15) is 5.54 Å². The Labute approximate surface area is 231 Å². The summed E-state index contributed by atoms with van der Waals surface area (Å²) in [4.78, 5) is 13.4. The summed E-state index contributed by atoms with van der Waals surface area (Å²) in [6, 6.07) is 8.66. The van der Waals surface area contributed by atoms with Gasteiger partial charge in [-0.25, -0.2) is 13.2 Å². The molecule has 3 saturated carbocycles. The number of alkyl halides is 3. The van der Waals surface area contributed by atoms with Gasteiger partial charge in [-0.3, -0.25) is 4.98 Å². The van der Waals surface area contributed by atoms with Crippen molar-refractivity contribution in [2.75, 3.05) is 0 Å². The molecule has 1 aromatic heterocycles. The predicted octanol–water partition coefficient (Wildman–Crippen LogP) is 6.04. The second-order valence-electron chi connectivity index (χ2n) is 10.7. The maximum Gasteiger partial charge on any atom is 0.417 e. The lowest BCUT2D eigenvalue weighted by molar-refractivity contribution is -0.139. The molecule has 1 heterocycles. The number of carbonyl (C=O) groups is 1. The van der Waals surface area contributed by atoms with E-state index in [1.807, 2.05) is 6.07 Å². The number of halogens is 3. The first kappa shape index (κ1) is 29.8. The first-order valence-corrected chi connectivity index (χ1v) is 14.8. The number of benzene rings is 1. The highest BCUT2D eigenvalue weighted by molar-refractivity contribution is 7.92. The number of sulfone groups is 1. The largest absolute Gasteiger partial charge is 0.465 e. The molecular formula is C28H32F3N3O5S. The maximum atomic E-state index is 13.9. The van der Waals surface area contributed by atoms with Crippen LogP contribution in [0.5, 0.6) is 0 Å². The summed E-state index contributed by atoms with van der Waals surface area (Å²) in [5.74, 6) is 0. The Morgan fingerprint density at radius 3 is 2.33 bits per heavy atom. The van der Waals surface area contributed by atoms with Crippen LogP contribution < -0.4 is 5.32 Å². The van der Waals surface area contributed by atoms with Crippen molar-refractivity contribution in [1.82, 2.24) is 10.3 Å². The summed E-state index contributed by atoms with van der Waals surface area (Å²) in [6.07, 6.45) is 2.18. The van der Waals surface area contributed by atoms with Gasteiger partial charge in [-0.2, -0.15) is 18.4 Å². The SMILES string of the molecule is Cc1cc(-c2ccc(S(=O)(=O)[C@@H]3CC[C@@H](OC4CCCC4)C3)c(C(F)(F)F)c2)ccn1.N#CC1(NC(=O)O)CC1. The average molecular weight is 580 g/mol. The van der Waals surface area contributed by atoms with Crippen LogP contribution in [0.25, 0.3) is 11.1 Å². The van der Waals surface area contributed by atoms with E-state index in [2.05, 4.69) is 10.3 Å². The minimum atomic E-state index is -4.78. The van der Waals surface area contributed by atoms with Crippen LogP contribution in [0.4, 0.5) is 18.0 Å². The van der Waals surface area contributed by atoms with E-state index in [0.717, 1.165) is 37.8 Å². The zero-order chi connectivity index (χ0) is 29.1. The first-order chi connectivity index (χ1) is 18.8. The molecule has 2 atom stereocenters. The summed E-state index contributed by atoms with van der Waals surface area (Å²) < 4.78 is 74.1. The molecule has 40 heavy (non-hydrogen) atoms. The van der Waals surface area contributed by atoms with E-state index in [9.17, 15) is 26.4 Å². The lowest BCUT2D eigenvalue weighted by Crippen LogP contribution is -2.33. The second-order valence-corrected chi connectivity index (χ2v) is 12.9. The number of pyridine rings is 1. The molecule has 1 aromatic carbocycles. The van der Waals surface area contributed by atoms with Crippen LogP contribution in [0.3, 0.4) is 0 Å². The molecule has 3 aliphatic rings. The van der Waals surface area contributed by atoms with Gasteiger partial charge >= 0.3 is 12.3 Å². The van der Waals surface area contributed by atoms with Crippen molar-refractivity contribution in [2.24, 2.45) is 0 Å². The highest BCUT2D eigenvalue weighted by Gasteiger charge is 2.45. The number of nitriles is 1. The van der Waals surface area contributed by atoms with E-state index in [1.54, 1.807) is 19.1 Å². The van der Waals surface area contributed by atoms with Crippen molar-refractivity contribution in [3.8, 4) is 17.2 Å². The van der Waals surface area contributed by atoms with E-state index in [1.165, 1.54) is 12.3 Å². The molecule has 0 bridgehead atoms. The van der Waals surface area contributed by atoms with Crippen LogP contribution in [0.1, 0.15) is 69.0 Å². The van der Waals surface area contributed by atoms with E-state index >= 15 is 0 Å². The standard InChI is InChI=1S/C23H26F3NO3S.C5H6N2O2/c1-15-12-17(10-11-27-15)16-6-9-22(21(13-16)23(24,25)26)31(28,29)20-8-7-19(14-20)30-18-4-2-3-5-18;6-3-5(1-2-5)7-4(8)9/h6,9-13,18-20H,2-5,7-8,14H2,1H3;7H,1-2H2,(H,8,9)/t19-,20-;/m1./s1. The van der Waals surface area contributed by atoms with E-state index in [4.69, 9.17) is 15.1 Å². The summed E-state index contributed by atoms with van der Waals surface area (Å²) in [6.45, 7) is 1.75. The molecule has 0 radical (unpaired) electrons. The molecule has 12 heteroatoms. The fourth-order valence-electron chi connectivity index (χ4n) is 5.28. The van der Waals surface area contributed by atoms with Gasteiger partial charge in [0.25, 0.3) is 0 Å².